The molecule has 2 aromatic heterocycles. The predicted octanol–water partition coefficient (Wildman–Crippen LogP) is 0.0656. The second-order valence-electron chi connectivity index (χ2n) is 5.15. The van der Waals surface area contributed by atoms with Crippen LogP contribution in [0.5, 0.6) is 0 Å². The number of nitrogens with zero attached hydrogens (tertiary/aromatic N) is 4. The van der Waals surface area contributed by atoms with Crippen LogP contribution in [0.1, 0.15) is 32.6 Å². The Bertz CT molecular complexity index is 784. The van der Waals surface area contributed by atoms with Gasteiger partial charge in [0.2, 0.25) is 0 Å². The Morgan fingerprint density at radius 1 is 1.18 bits per heavy atom. The maximum absolute atomic E-state index is 12.6. The van der Waals surface area contributed by atoms with E-state index in [-0.39, 0.29) is 17.3 Å². The molecule has 0 aliphatic rings. The predicted molar refractivity (Wildman–Crippen MR) is 84.1 cm³/mol. The number of hydrogen-bond donors (Lipinski definition) is 1. The average molecular weight is 309 g/mol. The molecule has 2 aromatic rings. The molecule has 2 heterocycles. The standard InChI is InChI=1S/C14H23N5O3/c1-5-17-10-12(16-11(17)9(3)15)19(7-8-22-4)14(21)18(6-2)13(10)20/h9H,5-8,15H2,1-4H3. The van der Waals surface area contributed by atoms with E-state index in [1.54, 1.807) is 18.6 Å². The number of nitrogens with two attached hydrogens (primary N) is 1. The molecule has 0 bridgehead atoms. The van der Waals surface area contributed by atoms with Gasteiger partial charge in [0.25, 0.3) is 5.56 Å². The van der Waals surface area contributed by atoms with E-state index in [2.05, 4.69) is 4.98 Å². The number of hydrogen-bond acceptors (Lipinski definition) is 5. The van der Waals surface area contributed by atoms with Crippen molar-refractivity contribution in [1.82, 2.24) is 18.7 Å². The summed E-state index contributed by atoms with van der Waals surface area (Å²) in [5, 5.41) is 0. The lowest BCUT2D eigenvalue weighted by atomic mass is 10.3. The minimum atomic E-state index is -0.367. The molecule has 0 aliphatic carbocycles. The molecule has 0 saturated heterocycles. The third kappa shape index (κ3) is 2.48. The van der Waals surface area contributed by atoms with Gasteiger partial charge >= 0.3 is 5.69 Å². The number of fused-ring (bicyclic) bond motifs is 1. The van der Waals surface area contributed by atoms with E-state index in [1.165, 1.54) is 9.13 Å². The Balaban J connectivity index is 2.93. The Labute approximate surface area is 128 Å². The Kier molecular flexibility index (Phi) is 4.82. The van der Waals surface area contributed by atoms with Gasteiger partial charge in [0, 0.05) is 20.2 Å². The molecule has 0 fully saturated rings. The van der Waals surface area contributed by atoms with Gasteiger partial charge in [0.05, 0.1) is 19.2 Å². The molecule has 2 rings (SSSR count). The lowest BCUT2D eigenvalue weighted by Crippen LogP contribution is -2.40. The number of aryl methyl sites for hydroxylation is 1. The summed E-state index contributed by atoms with van der Waals surface area (Å²) in [6, 6.07) is -0.326. The summed E-state index contributed by atoms with van der Waals surface area (Å²) >= 11 is 0. The van der Waals surface area contributed by atoms with E-state index in [1.807, 2.05) is 13.8 Å². The number of imidazole rings is 1. The molecule has 8 nitrogen and oxygen atoms in total. The Morgan fingerprint density at radius 3 is 2.32 bits per heavy atom. The minimum absolute atomic E-state index is 0.309. The molecule has 0 saturated carbocycles. The van der Waals surface area contributed by atoms with Crippen molar-refractivity contribution in [2.75, 3.05) is 13.7 Å². The summed E-state index contributed by atoms with van der Waals surface area (Å²) in [6.07, 6.45) is 0. The van der Waals surface area contributed by atoms with Gasteiger partial charge in [-0.15, -0.1) is 0 Å². The maximum atomic E-state index is 12.6. The highest BCUT2D eigenvalue weighted by atomic mass is 16.5. The van der Waals surface area contributed by atoms with E-state index >= 15 is 0 Å². The molecule has 0 aliphatic heterocycles. The highest BCUT2D eigenvalue weighted by molar-refractivity contribution is 5.71. The van der Waals surface area contributed by atoms with Crippen LogP contribution in [0, 0.1) is 0 Å². The second kappa shape index (κ2) is 6.45. The zero-order chi connectivity index (χ0) is 16.4. The average Bonchev–Trinajstić information content (AvgIpc) is 2.87. The quantitative estimate of drug-likeness (QED) is 0.814. The first-order valence-electron chi connectivity index (χ1n) is 7.46. The smallest absolute Gasteiger partial charge is 0.332 e. The summed E-state index contributed by atoms with van der Waals surface area (Å²) in [6.45, 7) is 7.08. The van der Waals surface area contributed by atoms with E-state index in [0.29, 0.717) is 43.2 Å². The molecule has 2 N–H and O–H groups in total. The van der Waals surface area contributed by atoms with E-state index < -0.39 is 0 Å². The molecule has 1 atom stereocenters. The van der Waals surface area contributed by atoms with E-state index in [4.69, 9.17) is 10.5 Å². The van der Waals surface area contributed by atoms with Crippen molar-refractivity contribution in [2.45, 2.75) is 46.4 Å². The number of ether oxygens (including phenoxy) is 1. The lowest BCUT2D eigenvalue weighted by Gasteiger charge is -2.11. The summed E-state index contributed by atoms with van der Waals surface area (Å²) in [5.41, 5.74) is 6.07. The fraction of sp³-hybridized carbons (Fsp3) is 0.643. The largest absolute Gasteiger partial charge is 0.383 e. The normalized spacial score (nSPS) is 13.0. The second-order valence-corrected chi connectivity index (χ2v) is 5.15. The first-order valence-corrected chi connectivity index (χ1v) is 7.46. The molecule has 8 heteroatoms. The van der Waals surface area contributed by atoms with Crippen LogP contribution in [0.25, 0.3) is 11.2 Å². The zero-order valence-corrected chi connectivity index (χ0v) is 13.5. The molecular formula is C14H23N5O3. The molecule has 0 spiro atoms. The molecule has 0 radical (unpaired) electrons. The van der Waals surface area contributed by atoms with Crippen LogP contribution in [-0.2, 0) is 24.4 Å². The van der Waals surface area contributed by atoms with Crippen molar-refractivity contribution in [3.63, 3.8) is 0 Å². The maximum Gasteiger partial charge on any atom is 0.332 e. The lowest BCUT2D eigenvalue weighted by molar-refractivity contribution is 0.186. The third-order valence-corrected chi connectivity index (χ3v) is 3.70. The fourth-order valence-electron chi connectivity index (χ4n) is 2.64. The van der Waals surface area contributed by atoms with Crippen LogP contribution in [0.15, 0.2) is 9.59 Å². The number of methoxy groups -OCH3 is 1. The van der Waals surface area contributed by atoms with Crippen molar-refractivity contribution >= 4 is 11.2 Å². The van der Waals surface area contributed by atoms with Gasteiger partial charge in [-0.2, -0.15) is 0 Å². The highest BCUT2D eigenvalue weighted by Gasteiger charge is 2.21. The molecule has 0 aromatic carbocycles. The van der Waals surface area contributed by atoms with Crippen molar-refractivity contribution in [2.24, 2.45) is 5.73 Å². The van der Waals surface area contributed by atoms with Crippen LogP contribution in [0.2, 0.25) is 0 Å². The summed E-state index contributed by atoms with van der Waals surface area (Å²) in [7, 11) is 1.57. The van der Waals surface area contributed by atoms with Crippen molar-refractivity contribution in [1.29, 1.82) is 0 Å². The summed E-state index contributed by atoms with van der Waals surface area (Å²) in [4.78, 5) is 29.6. The van der Waals surface area contributed by atoms with Crippen molar-refractivity contribution in [3.05, 3.63) is 26.7 Å². The SMILES string of the molecule is CCn1c(=O)c2c(nc(C(C)N)n2CC)n(CCOC)c1=O. The molecule has 122 valence electrons. The molecule has 22 heavy (non-hydrogen) atoms. The van der Waals surface area contributed by atoms with Gasteiger partial charge in [0.15, 0.2) is 11.2 Å². The van der Waals surface area contributed by atoms with Crippen LogP contribution < -0.4 is 17.0 Å². The third-order valence-electron chi connectivity index (χ3n) is 3.70. The van der Waals surface area contributed by atoms with Crippen LogP contribution >= 0.6 is 0 Å². The number of rotatable bonds is 6. The van der Waals surface area contributed by atoms with Crippen LogP contribution in [0.4, 0.5) is 0 Å². The summed E-state index contributed by atoms with van der Waals surface area (Å²) < 4.78 is 9.55. The zero-order valence-electron chi connectivity index (χ0n) is 13.5. The fourth-order valence-corrected chi connectivity index (χ4v) is 2.64. The molecular weight excluding hydrogens is 286 g/mol. The van der Waals surface area contributed by atoms with E-state index in [0.717, 1.165) is 0 Å². The van der Waals surface area contributed by atoms with Crippen LogP contribution in [0.3, 0.4) is 0 Å². The first kappa shape index (κ1) is 16.4. The van der Waals surface area contributed by atoms with Gasteiger partial charge in [-0.1, -0.05) is 0 Å². The molecule has 1 unspecified atom stereocenters. The monoisotopic (exact) mass is 309 g/mol. The highest BCUT2D eigenvalue weighted by Crippen LogP contribution is 2.16. The van der Waals surface area contributed by atoms with Gasteiger partial charge in [-0.25, -0.2) is 9.78 Å². The molecule has 0 amide bonds. The van der Waals surface area contributed by atoms with Crippen molar-refractivity contribution < 1.29 is 4.74 Å². The Morgan fingerprint density at radius 2 is 1.82 bits per heavy atom. The van der Waals surface area contributed by atoms with Gasteiger partial charge < -0.3 is 15.0 Å². The van der Waals surface area contributed by atoms with Crippen LogP contribution in [-0.4, -0.2) is 32.4 Å². The Hall–Kier alpha value is -1.93. The topological polar surface area (TPSA) is 97.1 Å². The minimum Gasteiger partial charge on any atom is -0.383 e. The van der Waals surface area contributed by atoms with Gasteiger partial charge in [-0.3, -0.25) is 13.9 Å². The number of aromatic nitrogens is 4. The summed E-state index contributed by atoms with van der Waals surface area (Å²) in [5.74, 6) is 0.606. The van der Waals surface area contributed by atoms with Gasteiger partial charge in [-0.05, 0) is 20.8 Å². The van der Waals surface area contributed by atoms with Gasteiger partial charge in [0.1, 0.15) is 5.82 Å². The van der Waals surface area contributed by atoms with E-state index in [9.17, 15) is 9.59 Å². The van der Waals surface area contributed by atoms with Crippen molar-refractivity contribution in [3.8, 4) is 0 Å². The first-order chi connectivity index (χ1) is 10.5.